The highest BCUT2D eigenvalue weighted by Gasteiger charge is 2.29. The van der Waals surface area contributed by atoms with Crippen molar-refractivity contribution in [3.8, 4) is 22.9 Å². The number of carbonyl (C=O) groups is 1. The second kappa shape index (κ2) is 9.57. The number of aromatic nitrogens is 2. The van der Waals surface area contributed by atoms with Crippen LogP contribution in [0.5, 0.6) is 11.5 Å². The Balaban J connectivity index is 1.65. The maximum Gasteiger partial charge on any atom is 0.228 e. The molecule has 1 aromatic carbocycles. The van der Waals surface area contributed by atoms with Crippen LogP contribution in [0.25, 0.3) is 11.4 Å². The molecule has 1 fully saturated rings. The lowest BCUT2D eigenvalue weighted by molar-refractivity contribution is -0.138. The molecule has 0 aliphatic heterocycles. The van der Waals surface area contributed by atoms with Gasteiger partial charge in [-0.1, -0.05) is 24.9 Å². The van der Waals surface area contributed by atoms with Crippen molar-refractivity contribution in [3.05, 3.63) is 24.1 Å². The molecule has 0 saturated heterocycles. The molecule has 1 aliphatic rings. The van der Waals surface area contributed by atoms with Gasteiger partial charge in [-0.3, -0.25) is 4.79 Å². The van der Waals surface area contributed by atoms with Crippen molar-refractivity contribution >= 4 is 5.91 Å². The first-order valence-corrected chi connectivity index (χ1v) is 10.00. The van der Waals surface area contributed by atoms with Gasteiger partial charge < -0.3 is 18.9 Å². The van der Waals surface area contributed by atoms with Crippen LogP contribution in [-0.4, -0.2) is 48.3 Å². The van der Waals surface area contributed by atoms with E-state index < -0.39 is 0 Å². The maximum absolute atomic E-state index is 12.6. The van der Waals surface area contributed by atoms with Crippen molar-refractivity contribution in [2.24, 2.45) is 5.92 Å². The fourth-order valence-electron chi connectivity index (χ4n) is 3.27. The summed E-state index contributed by atoms with van der Waals surface area (Å²) < 4.78 is 16.0. The highest BCUT2D eigenvalue weighted by Crippen LogP contribution is 2.31. The monoisotopic (exact) mass is 387 g/mol. The Morgan fingerprint density at radius 1 is 1.21 bits per heavy atom. The molecule has 28 heavy (non-hydrogen) atoms. The van der Waals surface area contributed by atoms with Crippen LogP contribution in [0.1, 0.15) is 44.9 Å². The molecule has 0 atom stereocenters. The Morgan fingerprint density at radius 2 is 2.00 bits per heavy atom. The van der Waals surface area contributed by atoms with Gasteiger partial charge in [0.15, 0.2) is 11.5 Å². The first kappa shape index (κ1) is 20.2. The first-order chi connectivity index (χ1) is 13.7. The summed E-state index contributed by atoms with van der Waals surface area (Å²) in [5.74, 6) is 2.79. The molecule has 0 radical (unpaired) electrons. The van der Waals surface area contributed by atoms with E-state index >= 15 is 0 Å². The minimum Gasteiger partial charge on any atom is -0.493 e. The Kier molecular flexibility index (Phi) is 6.90. The summed E-state index contributed by atoms with van der Waals surface area (Å²) in [6, 6.07) is 5.50. The molecule has 1 aromatic heterocycles. The van der Waals surface area contributed by atoms with E-state index in [1.54, 1.807) is 14.2 Å². The zero-order chi connectivity index (χ0) is 19.9. The smallest absolute Gasteiger partial charge is 0.228 e. The molecule has 7 nitrogen and oxygen atoms in total. The molecule has 3 rings (SSSR count). The Bertz CT molecular complexity index is 786. The lowest BCUT2D eigenvalue weighted by atomic mass is 9.84. The van der Waals surface area contributed by atoms with Crippen LogP contribution < -0.4 is 9.47 Å². The molecule has 1 amide bonds. The van der Waals surface area contributed by atoms with Crippen molar-refractivity contribution in [1.82, 2.24) is 15.0 Å². The van der Waals surface area contributed by atoms with E-state index in [0.717, 1.165) is 44.2 Å². The average Bonchev–Trinajstić information content (AvgIpc) is 3.15. The molecule has 1 heterocycles. The van der Waals surface area contributed by atoms with E-state index in [0.29, 0.717) is 36.2 Å². The number of carbonyl (C=O) groups excluding carboxylic acids is 1. The molecule has 2 aromatic rings. The molecule has 7 heteroatoms. The van der Waals surface area contributed by atoms with E-state index in [4.69, 9.17) is 14.0 Å². The van der Waals surface area contributed by atoms with Crippen LogP contribution in [0.2, 0.25) is 0 Å². The SMILES string of the molecule is CCCCN(CCc1nc(-c2ccc(OC)c(OC)c2)no1)C(=O)C1CCC1. The van der Waals surface area contributed by atoms with Gasteiger partial charge in [0, 0.05) is 31.0 Å². The second-order valence-corrected chi connectivity index (χ2v) is 7.14. The van der Waals surface area contributed by atoms with Gasteiger partial charge in [0.2, 0.25) is 17.6 Å². The van der Waals surface area contributed by atoms with Crippen molar-refractivity contribution in [3.63, 3.8) is 0 Å². The van der Waals surface area contributed by atoms with Crippen LogP contribution in [-0.2, 0) is 11.2 Å². The molecule has 1 saturated carbocycles. The number of nitrogens with zero attached hydrogens (tertiary/aromatic N) is 3. The number of methoxy groups -OCH3 is 2. The van der Waals surface area contributed by atoms with E-state index in [-0.39, 0.29) is 11.8 Å². The predicted octanol–water partition coefficient (Wildman–Crippen LogP) is 3.73. The summed E-state index contributed by atoms with van der Waals surface area (Å²) in [5.41, 5.74) is 0.793. The summed E-state index contributed by atoms with van der Waals surface area (Å²) in [4.78, 5) is 19.1. The lowest BCUT2D eigenvalue weighted by Gasteiger charge is -2.31. The molecule has 0 bridgehead atoms. The summed E-state index contributed by atoms with van der Waals surface area (Å²) in [5, 5.41) is 4.08. The van der Waals surface area contributed by atoms with Crippen molar-refractivity contribution in [1.29, 1.82) is 0 Å². The van der Waals surface area contributed by atoms with Crippen LogP contribution in [0, 0.1) is 5.92 Å². The van der Waals surface area contributed by atoms with Gasteiger partial charge in [-0.05, 0) is 37.5 Å². The Labute approximate surface area is 166 Å². The van der Waals surface area contributed by atoms with Gasteiger partial charge in [-0.15, -0.1) is 0 Å². The van der Waals surface area contributed by atoms with Gasteiger partial charge in [0.25, 0.3) is 0 Å². The lowest BCUT2D eigenvalue weighted by Crippen LogP contribution is -2.40. The van der Waals surface area contributed by atoms with Crippen LogP contribution in [0.4, 0.5) is 0 Å². The van der Waals surface area contributed by atoms with Crippen LogP contribution in [0.15, 0.2) is 22.7 Å². The highest BCUT2D eigenvalue weighted by atomic mass is 16.5. The van der Waals surface area contributed by atoms with Crippen LogP contribution in [0.3, 0.4) is 0 Å². The number of amides is 1. The van der Waals surface area contributed by atoms with E-state index in [2.05, 4.69) is 17.1 Å². The Morgan fingerprint density at radius 3 is 2.64 bits per heavy atom. The minimum atomic E-state index is 0.210. The largest absolute Gasteiger partial charge is 0.493 e. The second-order valence-electron chi connectivity index (χ2n) is 7.14. The Hall–Kier alpha value is -2.57. The molecule has 0 N–H and O–H groups in total. The predicted molar refractivity (Wildman–Crippen MR) is 105 cm³/mol. The summed E-state index contributed by atoms with van der Waals surface area (Å²) in [7, 11) is 3.19. The van der Waals surface area contributed by atoms with Crippen molar-refractivity contribution < 1.29 is 18.8 Å². The van der Waals surface area contributed by atoms with Crippen molar-refractivity contribution in [2.45, 2.75) is 45.4 Å². The molecular weight excluding hydrogens is 358 g/mol. The third-order valence-corrected chi connectivity index (χ3v) is 5.25. The van der Waals surface area contributed by atoms with Crippen molar-refractivity contribution in [2.75, 3.05) is 27.3 Å². The molecule has 152 valence electrons. The zero-order valence-corrected chi connectivity index (χ0v) is 16.9. The fourth-order valence-corrected chi connectivity index (χ4v) is 3.27. The van der Waals surface area contributed by atoms with Gasteiger partial charge in [0.1, 0.15) is 0 Å². The number of benzene rings is 1. The van der Waals surface area contributed by atoms with E-state index in [1.807, 2.05) is 23.1 Å². The zero-order valence-electron chi connectivity index (χ0n) is 16.9. The average molecular weight is 387 g/mol. The molecular formula is C21H29N3O4. The highest BCUT2D eigenvalue weighted by molar-refractivity contribution is 5.79. The summed E-state index contributed by atoms with van der Waals surface area (Å²) in [6.45, 7) is 3.55. The fraction of sp³-hybridized carbons (Fsp3) is 0.571. The topological polar surface area (TPSA) is 77.7 Å². The molecule has 0 unspecified atom stereocenters. The number of ether oxygens (including phenoxy) is 2. The van der Waals surface area contributed by atoms with Gasteiger partial charge >= 0.3 is 0 Å². The minimum absolute atomic E-state index is 0.210. The number of rotatable bonds is 10. The number of hydrogen-bond acceptors (Lipinski definition) is 6. The van der Waals surface area contributed by atoms with Gasteiger partial charge in [-0.25, -0.2) is 0 Å². The quantitative estimate of drug-likeness (QED) is 0.618. The first-order valence-electron chi connectivity index (χ1n) is 10.00. The van der Waals surface area contributed by atoms with Gasteiger partial charge in [0.05, 0.1) is 14.2 Å². The number of unbranched alkanes of at least 4 members (excludes halogenated alkanes) is 1. The maximum atomic E-state index is 12.6. The number of hydrogen-bond donors (Lipinski definition) is 0. The molecule has 0 spiro atoms. The standard InChI is InChI=1S/C21H29N3O4/c1-4-5-12-24(21(25)15-7-6-8-15)13-11-19-22-20(23-28-19)16-9-10-17(26-2)18(14-16)27-3/h9-10,14-15H,4-8,11-13H2,1-3H3. The normalized spacial score (nSPS) is 13.8. The van der Waals surface area contributed by atoms with Crippen LogP contribution >= 0.6 is 0 Å². The molecule has 1 aliphatic carbocycles. The summed E-state index contributed by atoms with van der Waals surface area (Å²) >= 11 is 0. The third-order valence-electron chi connectivity index (χ3n) is 5.25. The summed E-state index contributed by atoms with van der Waals surface area (Å²) in [6.07, 6.45) is 5.84. The van der Waals surface area contributed by atoms with E-state index in [9.17, 15) is 4.79 Å². The van der Waals surface area contributed by atoms with E-state index in [1.165, 1.54) is 0 Å². The third kappa shape index (κ3) is 4.64. The van der Waals surface area contributed by atoms with Gasteiger partial charge in [-0.2, -0.15) is 4.98 Å².